The Hall–Kier alpha value is -3.51. The van der Waals surface area contributed by atoms with Crippen LogP contribution in [-0.2, 0) is 28.5 Å². The third-order valence-electron chi connectivity index (χ3n) is 11.7. The lowest BCUT2D eigenvalue weighted by Crippen LogP contribution is -2.59. The summed E-state index contributed by atoms with van der Waals surface area (Å²) in [5, 5.41) is 111. The molecule has 18 nitrogen and oxygen atoms in total. The van der Waals surface area contributed by atoms with Crippen molar-refractivity contribution in [1.29, 1.82) is 0 Å². The van der Waals surface area contributed by atoms with E-state index in [-0.39, 0.29) is 57.6 Å². The van der Waals surface area contributed by atoms with Crippen LogP contribution >= 0.6 is 0 Å². The van der Waals surface area contributed by atoms with Gasteiger partial charge in [0, 0.05) is 44.6 Å². The molecule has 67 heavy (non-hydrogen) atoms. The summed E-state index contributed by atoms with van der Waals surface area (Å²) >= 11 is 0. The molecule has 0 radical (unpaired) electrons. The minimum Gasteiger partial charge on any atom is -0.462 e. The first kappa shape index (κ1) is 57.8. The van der Waals surface area contributed by atoms with Gasteiger partial charge in [-0.25, -0.2) is 0 Å². The van der Waals surface area contributed by atoms with Gasteiger partial charge in [-0.2, -0.15) is 0 Å². The molecule has 3 rings (SSSR count). The Morgan fingerprint density at radius 1 is 0.746 bits per heavy atom. The molecule has 0 aromatic rings. The molecule has 3 aliphatic rings. The molecule has 0 aliphatic carbocycles. The normalized spacial score (nSPS) is 42.2. The van der Waals surface area contributed by atoms with Crippen LogP contribution in [0.2, 0.25) is 0 Å². The number of nitrogens with two attached hydrogens (primary N) is 1. The van der Waals surface area contributed by atoms with Crippen LogP contribution in [0, 0.1) is 11.8 Å². The van der Waals surface area contributed by atoms with Crippen molar-refractivity contribution in [2.75, 3.05) is 19.8 Å². The summed E-state index contributed by atoms with van der Waals surface area (Å²) in [6.45, 7) is 2.40. The van der Waals surface area contributed by atoms with Crippen LogP contribution in [-0.4, -0.2) is 174 Å². The fourth-order valence-corrected chi connectivity index (χ4v) is 7.91. The Balaban J connectivity index is 1.89. The summed E-state index contributed by atoms with van der Waals surface area (Å²) in [7, 11) is 0. The highest BCUT2D eigenvalue weighted by Gasteiger charge is 2.50. The van der Waals surface area contributed by atoms with Gasteiger partial charge in [-0.3, -0.25) is 14.0 Å². The van der Waals surface area contributed by atoms with E-state index in [0.29, 0.717) is 0 Å². The summed E-state index contributed by atoms with van der Waals surface area (Å²) < 4.78 is 36.1. The molecule has 3 heterocycles. The van der Waals surface area contributed by atoms with E-state index in [0.717, 1.165) is 0 Å². The van der Waals surface area contributed by atoms with Crippen molar-refractivity contribution in [1.82, 2.24) is 5.32 Å². The molecule has 3 aliphatic heterocycles. The Labute approximate surface area is 392 Å². The number of carbonyl (C=O) groups excluding carboxylic acids is 2. The fourth-order valence-electron chi connectivity index (χ4n) is 7.91. The lowest BCUT2D eigenvalue weighted by atomic mass is 9.82. The molecular formula is C48H75FN2O16. The van der Waals surface area contributed by atoms with Crippen LogP contribution < -0.4 is 11.1 Å². The van der Waals surface area contributed by atoms with E-state index < -0.39 is 142 Å². The summed E-state index contributed by atoms with van der Waals surface area (Å²) in [5.41, 5.74) is 5.98. The van der Waals surface area contributed by atoms with Gasteiger partial charge < -0.3 is 81.1 Å². The van der Waals surface area contributed by atoms with Gasteiger partial charge in [-0.15, -0.1) is 0 Å². The highest BCUT2D eigenvalue weighted by Crippen LogP contribution is 2.38. The fraction of sp³-hybridized carbons (Fsp3) is 0.667. The average Bonchev–Trinajstić information content (AvgIpc) is 3.24. The second kappa shape index (κ2) is 30.2. The number of allylic oxidation sites excluding steroid dienone is 12. The van der Waals surface area contributed by atoms with Gasteiger partial charge in [0.1, 0.15) is 12.2 Å². The molecule has 0 spiro atoms. The largest absolute Gasteiger partial charge is 0.462 e. The number of rotatable bonds is 6. The Bertz CT molecular complexity index is 1680. The van der Waals surface area contributed by atoms with E-state index in [1.807, 2.05) is 25.2 Å². The van der Waals surface area contributed by atoms with E-state index in [4.69, 9.17) is 24.7 Å². The highest BCUT2D eigenvalue weighted by molar-refractivity contribution is 5.80. The number of cyclic esters (lactones) is 1. The van der Waals surface area contributed by atoms with E-state index in [2.05, 4.69) is 5.32 Å². The monoisotopic (exact) mass is 955 g/mol. The van der Waals surface area contributed by atoms with Gasteiger partial charge in [0.25, 0.3) is 0 Å². The zero-order valence-electron chi connectivity index (χ0n) is 38.4. The molecule has 0 aromatic carbocycles. The summed E-state index contributed by atoms with van der Waals surface area (Å²) in [6, 6.07) is -1.13. The second-order valence-electron chi connectivity index (χ2n) is 17.7. The predicted octanol–water partition coefficient (Wildman–Crippen LogP) is 0.468. The number of alkyl halides is 1. The molecule has 19 heteroatoms. The number of amides is 1. The second-order valence-corrected chi connectivity index (χ2v) is 17.7. The lowest BCUT2D eigenvalue weighted by Gasteiger charge is -2.45. The standard InChI is InChI=1S/C48H75FN2O16/c1-30-16-13-11-9-7-5-3-4-6-8-10-12-14-17-35(66-47-45(61)44(50)40(59)29-64-47)26-41-43(46(62)51-21-15-20-49)39(58)28-48(63,67-41)27-34(54)24-38(57)36(55)19-18-32(52)23-33(53)25-42(60)65-31(2)22-37(30)56/h3-14,16-17,30-41,43-45,47,52-59,61,63H,15,18-29,50H2,1-2H3,(H,51,62)/b4-3+,7-5+,8-6+,11-9+,12-10+,16-13+,17-14+/t30-,31-,32+,33?,34?,35?,36?,37-,38?,39-,40+,41-,43+,44-,45-,47-,48?/m0/s1. The first-order chi connectivity index (χ1) is 31.8. The smallest absolute Gasteiger partial charge is 0.308 e. The first-order valence-corrected chi connectivity index (χ1v) is 23.1. The summed E-state index contributed by atoms with van der Waals surface area (Å²) in [6.07, 6.45) is 5.11. The van der Waals surface area contributed by atoms with Gasteiger partial charge in [-0.1, -0.05) is 92.0 Å². The van der Waals surface area contributed by atoms with Crippen LogP contribution in [0.4, 0.5) is 4.39 Å². The van der Waals surface area contributed by atoms with E-state index in [1.54, 1.807) is 73.8 Å². The number of esters is 1. The van der Waals surface area contributed by atoms with Crippen molar-refractivity contribution in [3.8, 4) is 0 Å². The quantitative estimate of drug-likeness (QED) is 0.127. The van der Waals surface area contributed by atoms with Gasteiger partial charge in [0.05, 0.1) is 92.7 Å². The van der Waals surface area contributed by atoms with Gasteiger partial charge in [0.2, 0.25) is 5.91 Å². The minimum atomic E-state index is -2.30. The number of ether oxygens (including phenoxy) is 4. The predicted molar refractivity (Wildman–Crippen MR) is 244 cm³/mol. The highest BCUT2D eigenvalue weighted by atomic mass is 19.1. The third kappa shape index (κ3) is 21.3. The van der Waals surface area contributed by atoms with Gasteiger partial charge in [-0.05, 0) is 32.6 Å². The SMILES string of the molecule is C[C@H]1C[C@H](O)[C@@H](C)/C=C/C=C/C=C/C=C/C=C/C=C/C=C/C(O[C@@H]2OC[C@@H](O)[C@H](N)[C@@H]2O)C[C@@H]2OC(O)(CC(O)CC(O)C(O)CC[C@@H](O)CC(O)CC(=O)O1)C[C@H](O)[C@H]2C(=O)NCCCF. The minimum absolute atomic E-state index is 0.00642. The number of nitrogens with one attached hydrogen (secondary N) is 1. The molecule has 13 N–H and O–H groups in total. The molecule has 2 bridgehead atoms. The molecule has 2 saturated heterocycles. The molecule has 0 saturated carbocycles. The summed E-state index contributed by atoms with van der Waals surface area (Å²) in [4.78, 5) is 26.0. The zero-order chi connectivity index (χ0) is 49.5. The van der Waals surface area contributed by atoms with Crippen molar-refractivity contribution >= 4 is 11.9 Å². The van der Waals surface area contributed by atoms with Crippen LogP contribution in [0.5, 0.6) is 0 Å². The van der Waals surface area contributed by atoms with Crippen LogP contribution in [0.1, 0.15) is 78.1 Å². The number of carbonyl (C=O) groups is 2. The van der Waals surface area contributed by atoms with Crippen molar-refractivity contribution in [2.45, 2.75) is 169 Å². The van der Waals surface area contributed by atoms with Gasteiger partial charge >= 0.3 is 5.97 Å². The average molecular weight is 955 g/mol. The Morgan fingerprint density at radius 3 is 1.99 bits per heavy atom. The summed E-state index contributed by atoms with van der Waals surface area (Å²) in [5.74, 6) is -5.35. The Morgan fingerprint density at radius 2 is 1.36 bits per heavy atom. The van der Waals surface area contributed by atoms with Crippen LogP contribution in [0.3, 0.4) is 0 Å². The Kier molecular flexibility index (Phi) is 26.0. The molecule has 17 atom stereocenters. The molecule has 6 unspecified atom stereocenters. The number of aliphatic hydroxyl groups excluding tert-OH is 9. The van der Waals surface area contributed by atoms with Crippen molar-refractivity contribution in [2.24, 2.45) is 17.6 Å². The number of aliphatic hydroxyl groups is 10. The number of fused-ring (bicyclic) bond motifs is 2. The number of hydrogen-bond donors (Lipinski definition) is 12. The molecule has 0 aromatic heterocycles. The maximum atomic E-state index is 13.5. The zero-order valence-corrected chi connectivity index (χ0v) is 38.4. The number of hydrogen-bond acceptors (Lipinski definition) is 17. The maximum Gasteiger partial charge on any atom is 0.308 e. The van der Waals surface area contributed by atoms with E-state index in [9.17, 15) is 65.0 Å². The molecule has 1 amide bonds. The van der Waals surface area contributed by atoms with E-state index in [1.165, 1.54) is 0 Å². The van der Waals surface area contributed by atoms with E-state index >= 15 is 0 Å². The molecular weight excluding hydrogens is 880 g/mol. The molecule has 2 fully saturated rings. The van der Waals surface area contributed by atoms with Crippen molar-refractivity contribution in [3.63, 3.8) is 0 Å². The lowest BCUT2D eigenvalue weighted by molar-refractivity contribution is -0.304. The van der Waals surface area contributed by atoms with Crippen molar-refractivity contribution in [3.05, 3.63) is 85.1 Å². The van der Waals surface area contributed by atoms with Gasteiger partial charge in [0.15, 0.2) is 12.1 Å². The third-order valence-corrected chi connectivity index (χ3v) is 11.7. The topological polar surface area (TPSA) is 311 Å². The molecule has 380 valence electrons. The van der Waals surface area contributed by atoms with Crippen LogP contribution in [0.25, 0.3) is 0 Å². The maximum absolute atomic E-state index is 13.5. The first-order valence-electron chi connectivity index (χ1n) is 23.1. The van der Waals surface area contributed by atoms with Crippen molar-refractivity contribution < 1.29 is 84.0 Å². The number of halogens is 1. The van der Waals surface area contributed by atoms with Crippen LogP contribution in [0.15, 0.2) is 85.1 Å².